The number of benzene rings is 2. The number of rotatable bonds is 6. The van der Waals surface area contributed by atoms with Crippen molar-refractivity contribution in [1.82, 2.24) is 9.88 Å². The molecule has 0 unspecified atom stereocenters. The Morgan fingerprint density at radius 1 is 1.10 bits per heavy atom. The van der Waals surface area contributed by atoms with Gasteiger partial charge in [-0.1, -0.05) is 48.5 Å². The predicted octanol–water partition coefficient (Wildman–Crippen LogP) is 5.13. The third-order valence-corrected chi connectivity index (χ3v) is 7.02. The number of thiazole rings is 1. The molecule has 3 aromatic rings. The highest BCUT2D eigenvalue weighted by Crippen LogP contribution is 2.31. The number of hydrogen-bond acceptors (Lipinski definition) is 5. The first kappa shape index (κ1) is 21.6. The molecule has 31 heavy (non-hydrogen) atoms. The van der Waals surface area contributed by atoms with Gasteiger partial charge >= 0.3 is 0 Å². The second kappa shape index (κ2) is 10.1. The molecule has 1 aromatic heterocycles. The maximum Gasteiger partial charge on any atom is 0.275 e. The smallest absolute Gasteiger partial charge is 0.275 e. The summed E-state index contributed by atoms with van der Waals surface area (Å²) in [6.07, 6.45) is 3.74. The Bertz CT molecular complexity index is 1040. The molecule has 4 rings (SSSR count). The Morgan fingerprint density at radius 2 is 1.81 bits per heavy atom. The van der Waals surface area contributed by atoms with E-state index in [-0.39, 0.29) is 11.8 Å². The largest absolute Gasteiger partial charge is 0.342 e. The third-order valence-electron chi connectivity index (χ3n) is 5.48. The maximum atomic E-state index is 12.9. The molecular weight excluding hydrogens is 426 g/mol. The SMILES string of the molecule is CSCC(=O)N1CCC(c2nc(C(=O)Nc3ccccc3-c3ccccc3)cs2)CC1. The lowest BCUT2D eigenvalue weighted by molar-refractivity contribution is -0.129. The van der Waals surface area contributed by atoms with Crippen LogP contribution in [0.15, 0.2) is 60.0 Å². The van der Waals surface area contributed by atoms with E-state index in [0.29, 0.717) is 17.4 Å². The van der Waals surface area contributed by atoms with Gasteiger partial charge in [-0.2, -0.15) is 11.8 Å². The summed E-state index contributed by atoms with van der Waals surface area (Å²) in [6.45, 7) is 1.52. The van der Waals surface area contributed by atoms with Crippen molar-refractivity contribution < 1.29 is 9.59 Å². The van der Waals surface area contributed by atoms with Gasteiger partial charge in [0.05, 0.1) is 10.8 Å². The molecule has 0 bridgehead atoms. The Morgan fingerprint density at radius 3 is 2.55 bits per heavy atom. The lowest BCUT2D eigenvalue weighted by atomic mass is 9.97. The number of thioether (sulfide) groups is 1. The van der Waals surface area contributed by atoms with Crippen molar-refractivity contribution in [3.8, 4) is 11.1 Å². The topological polar surface area (TPSA) is 62.3 Å². The summed E-state index contributed by atoms with van der Waals surface area (Å²) in [6, 6.07) is 17.8. The molecule has 0 aliphatic carbocycles. The van der Waals surface area contributed by atoms with Crippen LogP contribution in [0.2, 0.25) is 0 Å². The Labute approximate surface area is 190 Å². The number of piperidine rings is 1. The molecule has 1 saturated heterocycles. The highest BCUT2D eigenvalue weighted by Gasteiger charge is 2.26. The van der Waals surface area contributed by atoms with E-state index in [1.54, 1.807) is 11.8 Å². The second-order valence-corrected chi connectivity index (χ2v) is 9.28. The molecular formula is C24H25N3O2S2. The second-order valence-electron chi connectivity index (χ2n) is 7.52. The number of carbonyl (C=O) groups is 2. The number of anilines is 1. The van der Waals surface area contributed by atoms with Crippen molar-refractivity contribution in [2.45, 2.75) is 18.8 Å². The molecule has 160 valence electrons. The van der Waals surface area contributed by atoms with Gasteiger partial charge in [0, 0.05) is 35.6 Å². The molecule has 5 nitrogen and oxygen atoms in total. The minimum absolute atomic E-state index is 0.196. The maximum absolute atomic E-state index is 12.9. The molecule has 0 radical (unpaired) electrons. The highest BCUT2D eigenvalue weighted by atomic mass is 32.2. The Kier molecular flexibility index (Phi) is 7.04. The van der Waals surface area contributed by atoms with Crippen LogP contribution in [-0.2, 0) is 4.79 Å². The van der Waals surface area contributed by atoms with Gasteiger partial charge in [0.1, 0.15) is 5.69 Å². The fourth-order valence-electron chi connectivity index (χ4n) is 3.82. The van der Waals surface area contributed by atoms with Crippen LogP contribution in [0.4, 0.5) is 5.69 Å². The molecule has 1 fully saturated rings. The van der Waals surface area contributed by atoms with Gasteiger partial charge in [-0.25, -0.2) is 4.98 Å². The van der Waals surface area contributed by atoms with E-state index >= 15 is 0 Å². The van der Waals surface area contributed by atoms with Gasteiger partial charge in [-0.05, 0) is 30.7 Å². The molecule has 0 saturated carbocycles. The average molecular weight is 452 g/mol. The van der Waals surface area contributed by atoms with E-state index in [4.69, 9.17) is 0 Å². The zero-order valence-corrected chi connectivity index (χ0v) is 19.0. The molecule has 1 aliphatic heterocycles. The monoisotopic (exact) mass is 451 g/mol. The number of nitrogens with zero attached hydrogens (tertiary/aromatic N) is 2. The zero-order chi connectivity index (χ0) is 21.6. The molecule has 2 aromatic carbocycles. The van der Waals surface area contributed by atoms with Gasteiger partial charge in [-0.15, -0.1) is 11.3 Å². The van der Waals surface area contributed by atoms with Crippen molar-refractivity contribution in [2.75, 3.05) is 30.4 Å². The van der Waals surface area contributed by atoms with Crippen LogP contribution in [0.25, 0.3) is 11.1 Å². The van der Waals surface area contributed by atoms with Gasteiger partial charge in [0.2, 0.25) is 5.91 Å². The van der Waals surface area contributed by atoms with Crippen LogP contribution < -0.4 is 5.32 Å². The molecule has 7 heteroatoms. The minimum Gasteiger partial charge on any atom is -0.342 e. The number of likely N-dealkylation sites (tertiary alicyclic amines) is 1. The zero-order valence-electron chi connectivity index (χ0n) is 17.4. The summed E-state index contributed by atoms with van der Waals surface area (Å²) in [7, 11) is 0. The Hall–Kier alpha value is -2.64. The van der Waals surface area contributed by atoms with Gasteiger partial charge in [0.15, 0.2) is 0 Å². The number of para-hydroxylation sites is 1. The van der Waals surface area contributed by atoms with Crippen LogP contribution in [0, 0.1) is 0 Å². The summed E-state index contributed by atoms with van der Waals surface area (Å²) in [4.78, 5) is 31.5. The van der Waals surface area contributed by atoms with Crippen LogP contribution in [0.1, 0.15) is 34.3 Å². The van der Waals surface area contributed by atoms with Crippen molar-refractivity contribution in [3.63, 3.8) is 0 Å². The van der Waals surface area contributed by atoms with Crippen molar-refractivity contribution in [1.29, 1.82) is 0 Å². The Balaban J connectivity index is 1.42. The first-order valence-electron chi connectivity index (χ1n) is 10.3. The van der Waals surface area contributed by atoms with Crippen LogP contribution in [0.5, 0.6) is 0 Å². The summed E-state index contributed by atoms with van der Waals surface area (Å²) >= 11 is 3.10. The number of carbonyl (C=O) groups excluding carboxylic acids is 2. The lowest BCUT2D eigenvalue weighted by Crippen LogP contribution is -2.38. The summed E-state index contributed by atoms with van der Waals surface area (Å²) in [5.74, 6) is 0.860. The van der Waals surface area contributed by atoms with Crippen LogP contribution >= 0.6 is 23.1 Å². The average Bonchev–Trinajstić information content (AvgIpc) is 3.31. The summed E-state index contributed by atoms with van der Waals surface area (Å²) < 4.78 is 0. The van der Waals surface area contributed by atoms with E-state index in [1.807, 2.05) is 71.1 Å². The minimum atomic E-state index is -0.196. The first-order chi connectivity index (χ1) is 15.2. The van der Waals surface area contributed by atoms with Gasteiger partial charge < -0.3 is 10.2 Å². The van der Waals surface area contributed by atoms with E-state index in [0.717, 1.165) is 47.8 Å². The molecule has 1 N–H and O–H groups in total. The van der Waals surface area contributed by atoms with E-state index in [2.05, 4.69) is 10.3 Å². The molecule has 2 heterocycles. The number of nitrogens with one attached hydrogen (secondary N) is 1. The quantitative estimate of drug-likeness (QED) is 0.564. The molecule has 2 amide bonds. The van der Waals surface area contributed by atoms with Crippen molar-refractivity contribution in [2.24, 2.45) is 0 Å². The first-order valence-corrected chi connectivity index (χ1v) is 12.6. The van der Waals surface area contributed by atoms with Gasteiger partial charge in [0.25, 0.3) is 5.91 Å². The van der Waals surface area contributed by atoms with Crippen molar-refractivity contribution in [3.05, 3.63) is 70.7 Å². The number of amides is 2. The summed E-state index contributed by atoms with van der Waals surface area (Å²) in [5, 5.41) is 5.85. The molecule has 1 aliphatic rings. The van der Waals surface area contributed by atoms with E-state index in [9.17, 15) is 9.59 Å². The van der Waals surface area contributed by atoms with Crippen LogP contribution in [0.3, 0.4) is 0 Å². The molecule has 0 atom stereocenters. The van der Waals surface area contributed by atoms with Crippen LogP contribution in [-0.4, -0.2) is 46.8 Å². The number of aromatic nitrogens is 1. The van der Waals surface area contributed by atoms with Gasteiger partial charge in [-0.3, -0.25) is 9.59 Å². The fourth-order valence-corrected chi connectivity index (χ4v) is 5.22. The summed E-state index contributed by atoms with van der Waals surface area (Å²) in [5.41, 5.74) is 3.26. The van der Waals surface area contributed by atoms with E-state index in [1.165, 1.54) is 11.3 Å². The predicted molar refractivity (Wildman–Crippen MR) is 129 cm³/mol. The molecule has 0 spiro atoms. The van der Waals surface area contributed by atoms with E-state index < -0.39 is 0 Å². The third kappa shape index (κ3) is 5.17. The van der Waals surface area contributed by atoms with Crippen molar-refractivity contribution >= 4 is 40.6 Å². The lowest BCUT2D eigenvalue weighted by Gasteiger charge is -2.31. The highest BCUT2D eigenvalue weighted by molar-refractivity contribution is 7.99. The number of hydrogen-bond donors (Lipinski definition) is 1. The standard InChI is InChI=1S/C24H25N3O2S2/c1-30-16-22(28)27-13-11-18(12-14-27)24-26-21(15-31-24)23(29)25-20-10-6-5-9-19(20)17-7-3-2-4-8-17/h2-10,15,18H,11-14,16H2,1H3,(H,25,29). The normalized spacial score (nSPS) is 14.4. The fraction of sp³-hybridized carbons (Fsp3) is 0.292.